The molecule has 2 rings (SSSR count). The van der Waals surface area contributed by atoms with E-state index in [1.165, 1.54) is 19.1 Å². The first kappa shape index (κ1) is 20.0. The molecular formula is C17H18N4O5S. The molecule has 0 unspecified atom stereocenters. The van der Waals surface area contributed by atoms with Crippen molar-refractivity contribution in [3.05, 3.63) is 46.3 Å². The summed E-state index contributed by atoms with van der Waals surface area (Å²) >= 11 is 0.948. The van der Waals surface area contributed by atoms with Crippen molar-refractivity contribution in [3.8, 4) is 5.75 Å². The fraction of sp³-hybridized carbons (Fsp3) is 0.235. The second-order valence-electron chi connectivity index (χ2n) is 5.23. The van der Waals surface area contributed by atoms with Gasteiger partial charge in [0, 0.05) is 0 Å². The highest BCUT2D eigenvalue weighted by molar-refractivity contribution is 7.17. The monoisotopic (exact) mass is 390 g/mol. The van der Waals surface area contributed by atoms with E-state index >= 15 is 0 Å². The van der Waals surface area contributed by atoms with Crippen LogP contribution in [0.5, 0.6) is 5.75 Å². The number of rotatable bonds is 6. The number of aromatic nitrogens is 1. The van der Waals surface area contributed by atoms with Gasteiger partial charge in [-0.3, -0.25) is 10.1 Å². The first-order valence-electron chi connectivity index (χ1n) is 7.89. The van der Waals surface area contributed by atoms with E-state index in [0.717, 1.165) is 11.3 Å². The van der Waals surface area contributed by atoms with Gasteiger partial charge >= 0.3 is 5.97 Å². The van der Waals surface area contributed by atoms with E-state index in [-0.39, 0.29) is 39.5 Å². The topological polar surface area (TPSA) is 133 Å². The number of carbonyl (C=O) groups is 2. The molecule has 9 nitrogen and oxygen atoms in total. The van der Waals surface area contributed by atoms with Gasteiger partial charge in [0.15, 0.2) is 10.8 Å². The van der Waals surface area contributed by atoms with Crippen LogP contribution in [-0.4, -0.2) is 33.7 Å². The number of para-hydroxylation sites is 1. The van der Waals surface area contributed by atoms with Gasteiger partial charge in [0.05, 0.1) is 12.3 Å². The number of nitrogens with one attached hydrogen (secondary N) is 1. The summed E-state index contributed by atoms with van der Waals surface area (Å²) in [5.74, 6) is -1.78. The summed E-state index contributed by atoms with van der Waals surface area (Å²) in [5, 5.41) is 29.5. The molecule has 1 aromatic heterocycles. The minimum absolute atomic E-state index is 0.119. The number of benzene rings is 1. The Kier molecular flexibility index (Phi) is 6.61. The third kappa shape index (κ3) is 5.11. The molecule has 2 aromatic rings. The van der Waals surface area contributed by atoms with E-state index in [0.29, 0.717) is 5.69 Å². The summed E-state index contributed by atoms with van der Waals surface area (Å²) in [6.07, 6.45) is 0. The second kappa shape index (κ2) is 8.90. The number of nitrogens with zero attached hydrogens (tertiary/aromatic N) is 3. The maximum absolute atomic E-state index is 12.4. The molecule has 0 aliphatic carbocycles. The number of aryl methyl sites for hydroxylation is 1. The normalized spacial score (nSPS) is 12.0. The molecule has 0 atom stereocenters. The van der Waals surface area contributed by atoms with E-state index in [1.807, 2.05) is 0 Å². The number of anilines is 1. The molecule has 10 heteroatoms. The Morgan fingerprint density at radius 3 is 2.67 bits per heavy atom. The van der Waals surface area contributed by atoms with Crippen LogP contribution in [0.15, 0.2) is 46.0 Å². The molecule has 0 aliphatic heterocycles. The van der Waals surface area contributed by atoms with E-state index in [4.69, 9.17) is 4.74 Å². The van der Waals surface area contributed by atoms with Crippen LogP contribution in [0.4, 0.5) is 10.8 Å². The van der Waals surface area contributed by atoms with Crippen LogP contribution in [0.3, 0.4) is 0 Å². The molecule has 1 heterocycles. The molecule has 1 amide bonds. The summed E-state index contributed by atoms with van der Waals surface area (Å²) in [5.41, 5.74) is 0.193. The van der Waals surface area contributed by atoms with Gasteiger partial charge in [0.2, 0.25) is 0 Å². The summed E-state index contributed by atoms with van der Waals surface area (Å²) in [6, 6.07) is 6.16. The van der Waals surface area contributed by atoms with Crippen LogP contribution in [-0.2, 0) is 9.53 Å². The fourth-order valence-corrected chi connectivity index (χ4v) is 2.78. The molecule has 0 saturated heterocycles. The zero-order valence-electron chi connectivity index (χ0n) is 14.9. The average molecular weight is 390 g/mol. The van der Waals surface area contributed by atoms with Crippen LogP contribution in [0, 0.1) is 6.92 Å². The van der Waals surface area contributed by atoms with E-state index in [9.17, 15) is 19.8 Å². The van der Waals surface area contributed by atoms with Crippen molar-refractivity contribution in [1.82, 2.24) is 4.98 Å². The van der Waals surface area contributed by atoms with Crippen molar-refractivity contribution < 1.29 is 24.5 Å². The third-order valence-electron chi connectivity index (χ3n) is 3.18. The van der Waals surface area contributed by atoms with Gasteiger partial charge in [-0.2, -0.15) is 0 Å². The summed E-state index contributed by atoms with van der Waals surface area (Å²) < 4.78 is 4.92. The van der Waals surface area contributed by atoms with Crippen LogP contribution in [0.1, 0.15) is 29.2 Å². The van der Waals surface area contributed by atoms with Crippen molar-refractivity contribution in [1.29, 1.82) is 0 Å². The minimum atomic E-state index is -0.765. The number of thiazole rings is 1. The highest BCUT2D eigenvalue weighted by Gasteiger charge is 2.20. The van der Waals surface area contributed by atoms with Gasteiger partial charge in [-0.1, -0.05) is 23.5 Å². The van der Waals surface area contributed by atoms with Crippen LogP contribution in [0.2, 0.25) is 0 Å². The lowest BCUT2D eigenvalue weighted by atomic mass is 10.3. The van der Waals surface area contributed by atoms with Gasteiger partial charge in [-0.15, -0.1) is 10.2 Å². The number of carbonyl (C=O) groups excluding carboxylic acids is 2. The number of amides is 1. The highest BCUT2D eigenvalue weighted by Crippen LogP contribution is 2.27. The molecule has 0 fully saturated rings. The lowest BCUT2D eigenvalue weighted by Crippen LogP contribution is -2.14. The molecule has 1 aromatic carbocycles. The number of azo groups is 1. The predicted molar refractivity (Wildman–Crippen MR) is 99.4 cm³/mol. The van der Waals surface area contributed by atoms with Crippen molar-refractivity contribution in [2.75, 3.05) is 11.9 Å². The molecule has 0 spiro atoms. The number of aliphatic hydroxyl groups excluding tert-OH is 1. The van der Waals surface area contributed by atoms with Gasteiger partial charge in [0.25, 0.3) is 5.91 Å². The molecule has 27 heavy (non-hydrogen) atoms. The van der Waals surface area contributed by atoms with Crippen molar-refractivity contribution in [2.45, 2.75) is 20.8 Å². The Labute approximate surface area is 159 Å². The lowest BCUT2D eigenvalue weighted by Gasteiger charge is -2.03. The molecule has 142 valence electrons. The summed E-state index contributed by atoms with van der Waals surface area (Å²) in [7, 11) is 0. The number of aliphatic hydroxyl groups is 1. The van der Waals surface area contributed by atoms with Gasteiger partial charge in [0.1, 0.15) is 22.1 Å². The maximum atomic E-state index is 12.4. The largest absolute Gasteiger partial charge is 0.510 e. The van der Waals surface area contributed by atoms with E-state index in [1.54, 1.807) is 26.0 Å². The number of hydrogen-bond donors (Lipinski definition) is 3. The number of phenolic OH excluding ortho intramolecular Hbond substituents is 1. The Morgan fingerprint density at radius 2 is 2.04 bits per heavy atom. The minimum Gasteiger partial charge on any atom is -0.510 e. The zero-order valence-corrected chi connectivity index (χ0v) is 15.7. The van der Waals surface area contributed by atoms with Crippen molar-refractivity contribution in [3.63, 3.8) is 0 Å². The number of aromatic hydroxyl groups is 1. The number of phenols is 1. The van der Waals surface area contributed by atoms with Gasteiger partial charge in [-0.25, -0.2) is 9.78 Å². The molecule has 0 aliphatic rings. The van der Waals surface area contributed by atoms with Gasteiger partial charge in [-0.05, 0) is 32.9 Å². The number of ether oxygens (including phenoxy) is 1. The fourth-order valence-electron chi connectivity index (χ4n) is 1.93. The molecule has 0 saturated carbocycles. The van der Waals surface area contributed by atoms with Crippen LogP contribution >= 0.6 is 11.3 Å². The number of hydrogen-bond acceptors (Lipinski definition) is 9. The van der Waals surface area contributed by atoms with Crippen LogP contribution in [0.25, 0.3) is 0 Å². The summed E-state index contributed by atoms with van der Waals surface area (Å²) in [6.45, 7) is 4.80. The SMILES string of the molecule is CCOC(=O)c1sc(NC(=O)/C(N=Nc2ccccc2O)=C(/C)O)nc1C. The van der Waals surface area contributed by atoms with Crippen LogP contribution < -0.4 is 5.32 Å². The number of esters is 1. The van der Waals surface area contributed by atoms with Crippen molar-refractivity contribution >= 4 is 34.0 Å². The highest BCUT2D eigenvalue weighted by atomic mass is 32.1. The quantitative estimate of drug-likeness (QED) is 0.297. The first-order valence-corrected chi connectivity index (χ1v) is 8.70. The molecule has 3 N–H and O–H groups in total. The van der Waals surface area contributed by atoms with Crippen molar-refractivity contribution in [2.24, 2.45) is 10.2 Å². The third-order valence-corrected chi connectivity index (χ3v) is 4.23. The molecular weight excluding hydrogens is 372 g/mol. The first-order chi connectivity index (χ1) is 12.8. The maximum Gasteiger partial charge on any atom is 0.350 e. The van der Waals surface area contributed by atoms with E-state index < -0.39 is 11.9 Å². The molecule has 0 radical (unpaired) electrons. The van der Waals surface area contributed by atoms with E-state index in [2.05, 4.69) is 20.5 Å². The lowest BCUT2D eigenvalue weighted by molar-refractivity contribution is -0.113. The predicted octanol–water partition coefficient (Wildman–Crippen LogP) is 3.85. The number of allylic oxidation sites excluding steroid dienone is 1. The second-order valence-corrected chi connectivity index (χ2v) is 6.23. The Balaban J connectivity index is 2.19. The smallest absolute Gasteiger partial charge is 0.350 e. The Bertz CT molecular complexity index is 916. The standard InChI is InChI=1S/C17H18N4O5S/c1-4-26-16(25)14-9(2)18-17(27-14)19-15(24)13(10(3)22)21-20-11-7-5-6-8-12(11)23/h5-8,22-23H,4H2,1-3H3,(H,18,19,24)/b13-10+,21-20?. The summed E-state index contributed by atoms with van der Waals surface area (Å²) in [4.78, 5) is 28.6. The average Bonchev–Trinajstić information content (AvgIpc) is 2.97. The van der Waals surface area contributed by atoms with Gasteiger partial charge < -0.3 is 14.9 Å². The molecule has 0 bridgehead atoms. The Hall–Kier alpha value is -3.27. The zero-order chi connectivity index (χ0) is 20.0. The Morgan fingerprint density at radius 1 is 1.33 bits per heavy atom.